The maximum absolute atomic E-state index is 6.07. The second kappa shape index (κ2) is 5.66. The maximum Gasteiger partial charge on any atom is 0.187 e. The van der Waals surface area contributed by atoms with Gasteiger partial charge >= 0.3 is 0 Å². The highest BCUT2D eigenvalue weighted by Gasteiger charge is 2.54. The minimum atomic E-state index is -0.623. The molecule has 2 heterocycles. The number of aromatic nitrogens is 1. The zero-order chi connectivity index (χ0) is 18.5. The lowest BCUT2D eigenvalue weighted by Gasteiger charge is -2.35. The van der Waals surface area contributed by atoms with Gasteiger partial charge < -0.3 is 4.84 Å². The minimum Gasteiger partial charge on any atom is -0.382 e. The van der Waals surface area contributed by atoms with Gasteiger partial charge in [-0.2, -0.15) is 0 Å². The Labute approximate surface area is 154 Å². The van der Waals surface area contributed by atoms with Gasteiger partial charge in [-0.15, -0.1) is 0 Å². The van der Waals surface area contributed by atoms with Crippen LogP contribution < -0.4 is 0 Å². The molecule has 3 aromatic rings. The van der Waals surface area contributed by atoms with E-state index in [2.05, 4.69) is 82.2 Å². The summed E-state index contributed by atoms with van der Waals surface area (Å²) in [7, 11) is 0. The van der Waals surface area contributed by atoms with Crippen molar-refractivity contribution in [2.45, 2.75) is 40.2 Å². The quantitative estimate of drug-likeness (QED) is 0.613. The van der Waals surface area contributed by atoms with E-state index in [0.29, 0.717) is 0 Å². The van der Waals surface area contributed by atoms with E-state index in [4.69, 9.17) is 9.82 Å². The molecule has 0 radical (unpaired) electrons. The second-order valence-electron chi connectivity index (χ2n) is 7.90. The highest BCUT2D eigenvalue weighted by molar-refractivity contribution is 6.05. The van der Waals surface area contributed by atoms with Gasteiger partial charge in [0.2, 0.25) is 0 Å². The predicted molar refractivity (Wildman–Crippen MR) is 106 cm³/mol. The van der Waals surface area contributed by atoms with E-state index in [-0.39, 0.29) is 5.41 Å². The number of nitrogens with zero attached hydrogens (tertiary/aromatic N) is 2. The van der Waals surface area contributed by atoms with E-state index < -0.39 is 5.60 Å². The molecular weight excluding hydrogens is 320 g/mol. The number of pyridine rings is 1. The third-order valence-corrected chi connectivity index (χ3v) is 5.84. The Bertz CT molecular complexity index is 1020. The van der Waals surface area contributed by atoms with Crippen molar-refractivity contribution in [3.63, 3.8) is 0 Å². The third kappa shape index (κ3) is 2.34. The summed E-state index contributed by atoms with van der Waals surface area (Å²) in [6, 6.07) is 18.8. The zero-order valence-electron chi connectivity index (χ0n) is 16.0. The van der Waals surface area contributed by atoms with Crippen LogP contribution in [0.1, 0.15) is 43.2 Å². The first-order valence-electron chi connectivity index (χ1n) is 9.03. The fourth-order valence-corrected chi connectivity index (χ4v) is 3.68. The standard InChI is InChI=1S/C23H24N2O/c1-15-10-12-17(13-11-15)21-22(3,4)23(5,26-25-21)20-14-16(2)18-8-6-7-9-19(18)24-20/h6-14H,1-5H3. The molecule has 3 heteroatoms. The third-order valence-electron chi connectivity index (χ3n) is 5.84. The topological polar surface area (TPSA) is 34.5 Å². The summed E-state index contributed by atoms with van der Waals surface area (Å²) in [6.45, 7) is 10.7. The lowest BCUT2D eigenvalue weighted by Crippen LogP contribution is -2.42. The van der Waals surface area contributed by atoms with Crippen molar-refractivity contribution >= 4 is 16.6 Å². The summed E-state index contributed by atoms with van der Waals surface area (Å²) in [5.41, 5.74) is 5.48. The first kappa shape index (κ1) is 16.8. The molecule has 1 aliphatic rings. The van der Waals surface area contributed by atoms with Crippen LogP contribution in [0.15, 0.2) is 59.8 Å². The molecule has 0 bridgehead atoms. The van der Waals surface area contributed by atoms with Crippen LogP contribution in [0, 0.1) is 19.3 Å². The SMILES string of the molecule is Cc1ccc(C2=NOC(C)(c3cc(C)c4ccccc4n3)C2(C)C)cc1. The molecule has 132 valence electrons. The van der Waals surface area contributed by atoms with Crippen LogP contribution in [0.25, 0.3) is 10.9 Å². The van der Waals surface area contributed by atoms with E-state index >= 15 is 0 Å². The monoisotopic (exact) mass is 344 g/mol. The lowest BCUT2D eigenvalue weighted by atomic mass is 9.69. The smallest absolute Gasteiger partial charge is 0.187 e. The van der Waals surface area contributed by atoms with E-state index in [1.807, 2.05) is 12.1 Å². The molecule has 0 fully saturated rings. The van der Waals surface area contributed by atoms with Gasteiger partial charge in [-0.25, -0.2) is 4.98 Å². The molecule has 1 aliphatic heterocycles. The minimum absolute atomic E-state index is 0.315. The van der Waals surface area contributed by atoms with Gasteiger partial charge in [0.25, 0.3) is 0 Å². The highest BCUT2D eigenvalue weighted by Crippen LogP contribution is 2.49. The molecule has 0 saturated carbocycles. The molecule has 0 aliphatic carbocycles. The maximum atomic E-state index is 6.07. The van der Waals surface area contributed by atoms with Crippen LogP contribution in [0.5, 0.6) is 0 Å². The Morgan fingerprint density at radius 2 is 1.58 bits per heavy atom. The molecule has 0 spiro atoms. The lowest BCUT2D eigenvalue weighted by molar-refractivity contribution is -0.0651. The zero-order valence-corrected chi connectivity index (χ0v) is 16.0. The van der Waals surface area contributed by atoms with Crippen LogP contribution in [0.2, 0.25) is 0 Å². The Morgan fingerprint density at radius 3 is 2.31 bits per heavy atom. The normalized spacial score (nSPS) is 21.5. The molecule has 0 saturated heterocycles. The molecule has 1 atom stereocenters. The van der Waals surface area contributed by atoms with Crippen molar-refractivity contribution in [1.29, 1.82) is 0 Å². The average molecular weight is 344 g/mol. The number of oxime groups is 1. The fraction of sp³-hybridized carbons (Fsp3) is 0.304. The number of hydrogen-bond acceptors (Lipinski definition) is 3. The summed E-state index contributed by atoms with van der Waals surface area (Å²) in [5, 5.41) is 5.68. The summed E-state index contributed by atoms with van der Waals surface area (Å²) in [6.07, 6.45) is 0. The van der Waals surface area contributed by atoms with Crippen LogP contribution in [0.4, 0.5) is 0 Å². The number of fused-ring (bicyclic) bond motifs is 1. The molecule has 1 unspecified atom stereocenters. The van der Waals surface area contributed by atoms with Crippen LogP contribution in [-0.4, -0.2) is 10.7 Å². The van der Waals surface area contributed by atoms with Crippen molar-refractivity contribution in [3.8, 4) is 0 Å². The van der Waals surface area contributed by atoms with E-state index in [0.717, 1.165) is 22.5 Å². The number of rotatable bonds is 2. The number of benzene rings is 2. The van der Waals surface area contributed by atoms with E-state index in [9.17, 15) is 0 Å². The number of hydrogen-bond donors (Lipinski definition) is 0. The van der Waals surface area contributed by atoms with Crippen molar-refractivity contribution in [1.82, 2.24) is 4.98 Å². The molecule has 3 nitrogen and oxygen atoms in total. The average Bonchev–Trinajstić information content (AvgIpc) is 2.86. The first-order chi connectivity index (χ1) is 12.3. The van der Waals surface area contributed by atoms with Crippen LogP contribution in [0.3, 0.4) is 0 Å². The largest absolute Gasteiger partial charge is 0.382 e. The Hall–Kier alpha value is -2.68. The molecule has 0 N–H and O–H groups in total. The fourth-order valence-electron chi connectivity index (χ4n) is 3.68. The van der Waals surface area contributed by atoms with Gasteiger partial charge in [0.15, 0.2) is 5.60 Å². The summed E-state index contributed by atoms with van der Waals surface area (Å²) in [4.78, 5) is 11.0. The molecular formula is C23H24N2O. The molecule has 0 amide bonds. The van der Waals surface area contributed by atoms with Gasteiger partial charge in [-0.1, -0.05) is 53.2 Å². The van der Waals surface area contributed by atoms with Crippen molar-refractivity contribution < 1.29 is 4.84 Å². The predicted octanol–water partition coefficient (Wildman–Crippen LogP) is 5.53. The van der Waals surface area contributed by atoms with Crippen molar-refractivity contribution in [3.05, 3.63) is 77.0 Å². The van der Waals surface area contributed by atoms with E-state index in [1.54, 1.807) is 0 Å². The van der Waals surface area contributed by atoms with Gasteiger partial charge in [0, 0.05) is 10.9 Å². The summed E-state index contributed by atoms with van der Waals surface area (Å²) >= 11 is 0. The van der Waals surface area contributed by atoms with Crippen molar-refractivity contribution in [2.75, 3.05) is 0 Å². The van der Waals surface area contributed by atoms with Gasteiger partial charge in [-0.3, -0.25) is 0 Å². The van der Waals surface area contributed by atoms with Crippen LogP contribution in [-0.2, 0) is 10.4 Å². The number of para-hydroxylation sites is 1. The van der Waals surface area contributed by atoms with Crippen LogP contribution >= 0.6 is 0 Å². The molecule has 4 rings (SSSR count). The second-order valence-corrected chi connectivity index (χ2v) is 7.90. The molecule has 1 aromatic heterocycles. The van der Waals surface area contributed by atoms with Gasteiger partial charge in [0.1, 0.15) is 0 Å². The first-order valence-corrected chi connectivity index (χ1v) is 9.03. The molecule has 26 heavy (non-hydrogen) atoms. The Balaban J connectivity index is 1.81. The van der Waals surface area contributed by atoms with E-state index in [1.165, 1.54) is 16.5 Å². The number of aryl methyl sites for hydroxylation is 2. The summed E-state index contributed by atoms with van der Waals surface area (Å²) in [5.74, 6) is 0. The summed E-state index contributed by atoms with van der Waals surface area (Å²) < 4.78 is 0. The Morgan fingerprint density at radius 1 is 0.885 bits per heavy atom. The molecule has 2 aromatic carbocycles. The van der Waals surface area contributed by atoms with Gasteiger partial charge in [-0.05, 0) is 52.3 Å². The van der Waals surface area contributed by atoms with Gasteiger partial charge in [0.05, 0.1) is 22.3 Å². The van der Waals surface area contributed by atoms with Crippen molar-refractivity contribution in [2.24, 2.45) is 10.6 Å². The Kier molecular flexibility index (Phi) is 3.65. The highest BCUT2D eigenvalue weighted by atomic mass is 16.7.